The topological polar surface area (TPSA) is 74.1 Å². The molecule has 3 heterocycles. The Morgan fingerprint density at radius 3 is 2.23 bits per heavy atom. The van der Waals surface area contributed by atoms with Crippen LogP contribution in [0.4, 0.5) is 0 Å². The summed E-state index contributed by atoms with van der Waals surface area (Å²) in [6.45, 7) is 4.51. The maximum atomic E-state index is 13.2. The average Bonchev–Trinajstić information content (AvgIpc) is 3.33. The Hall–Kier alpha value is -3.09. The quantitative estimate of drug-likeness (QED) is 0.781. The minimum absolute atomic E-state index is 0.00520. The van der Waals surface area contributed by atoms with Crippen LogP contribution in [0.1, 0.15) is 45.7 Å². The third kappa shape index (κ3) is 4.10. The summed E-state index contributed by atoms with van der Waals surface area (Å²) in [5.41, 5.74) is 1.78. The van der Waals surface area contributed by atoms with Gasteiger partial charge in [-0.25, -0.2) is 0 Å². The van der Waals surface area contributed by atoms with Gasteiger partial charge < -0.3 is 19.1 Å². The van der Waals surface area contributed by atoms with Gasteiger partial charge in [0.05, 0.1) is 6.26 Å². The number of hydrogen-bond acceptors (Lipinski definition) is 4. The lowest BCUT2D eigenvalue weighted by molar-refractivity contribution is -0.138. The molecule has 1 unspecified atom stereocenters. The highest BCUT2D eigenvalue weighted by molar-refractivity contribution is 5.96. The normalized spacial score (nSPS) is 19.6. The van der Waals surface area contributed by atoms with Crippen molar-refractivity contribution in [1.29, 1.82) is 0 Å². The largest absolute Gasteiger partial charge is 0.459 e. The van der Waals surface area contributed by atoms with Crippen molar-refractivity contribution in [2.75, 3.05) is 32.7 Å². The van der Waals surface area contributed by atoms with E-state index in [2.05, 4.69) is 0 Å². The van der Waals surface area contributed by atoms with E-state index in [0.717, 1.165) is 18.4 Å². The number of piperazine rings is 1. The molecule has 2 aromatic rings. The zero-order chi connectivity index (χ0) is 21.1. The van der Waals surface area contributed by atoms with E-state index in [9.17, 15) is 14.4 Å². The van der Waals surface area contributed by atoms with Gasteiger partial charge in [-0.3, -0.25) is 14.4 Å². The molecular weight excluding hydrogens is 382 g/mol. The molecule has 3 amide bonds. The summed E-state index contributed by atoms with van der Waals surface area (Å²) in [6, 6.07) is 10.4. The van der Waals surface area contributed by atoms with E-state index in [1.54, 1.807) is 26.8 Å². The number of furan rings is 1. The van der Waals surface area contributed by atoms with Crippen LogP contribution in [0.25, 0.3) is 0 Å². The van der Waals surface area contributed by atoms with Gasteiger partial charge in [0.2, 0.25) is 5.91 Å². The molecule has 0 aliphatic carbocycles. The molecule has 7 heteroatoms. The van der Waals surface area contributed by atoms with Crippen LogP contribution in [0.15, 0.2) is 47.1 Å². The van der Waals surface area contributed by atoms with Gasteiger partial charge in [0, 0.05) is 38.3 Å². The minimum Gasteiger partial charge on any atom is -0.459 e. The van der Waals surface area contributed by atoms with Crippen LogP contribution in [0.2, 0.25) is 0 Å². The first-order valence-corrected chi connectivity index (χ1v) is 10.5. The lowest BCUT2D eigenvalue weighted by Crippen LogP contribution is -2.57. The summed E-state index contributed by atoms with van der Waals surface area (Å²) in [6.07, 6.45) is 3.94. The van der Waals surface area contributed by atoms with Gasteiger partial charge in [0.25, 0.3) is 11.8 Å². The molecule has 0 saturated carbocycles. The van der Waals surface area contributed by atoms with E-state index in [-0.39, 0.29) is 23.5 Å². The number of carbonyl (C=O) groups is 3. The predicted octanol–water partition coefficient (Wildman–Crippen LogP) is 2.57. The maximum Gasteiger partial charge on any atom is 0.290 e. The van der Waals surface area contributed by atoms with Gasteiger partial charge in [-0.1, -0.05) is 17.7 Å². The van der Waals surface area contributed by atoms with Crippen molar-refractivity contribution in [2.24, 2.45) is 0 Å². The smallest absolute Gasteiger partial charge is 0.290 e. The van der Waals surface area contributed by atoms with Crippen LogP contribution >= 0.6 is 0 Å². The third-order valence-electron chi connectivity index (χ3n) is 5.96. The number of carbonyl (C=O) groups excluding carboxylic acids is 3. The number of rotatable bonds is 3. The molecule has 2 aliphatic rings. The molecule has 158 valence electrons. The third-order valence-corrected chi connectivity index (χ3v) is 5.96. The van der Waals surface area contributed by atoms with E-state index in [4.69, 9.17) is 4.42 Å². The first-order valence-electron chi connectivity index (χ1n) is 10.5. The number of hydrogen-bond donors (Lipinski definition) is 0. The van der Waals surface area contributed by atoms with Crippen LogP contribution in [-0.2, 0) is 4.79 Å². The second-order valence-electron chi connectivity index (χ2n) is 7.97. The van der Waals surface area contributed by atoms with Crippen LogP contribution in [0.5, 0.6) is 0 Å². The number of amides is 3. The van der Waals surface area contributed by atoms with Crippen LogP contribution in [-0.4, -0.2) is 71.2 Å². The Kier molecular flexibility index (Phi) is 5.88. The SMILES string of the molecule is Cc1ccc(C(=O)N2CCN(C(=O)C3CCCCN3C(=O)c3ccco3)CC2)cc1. The summed E-state index contributed by atoms with van der Waals surface area (Å²) in [4.78, 5) is 44.0. The average molecular weight is 409 g/mol. The standard InChI is InChI=1S/C23H27N3O4/c1-17-7-9-18(10-8-17)21(27)24-12-14-25(15-13-24)22(28)19-5-2-3-11-26(19)23(29)20-6-4-16-30-20/h4,6-10,16,19H,2-3,5,11-15H2,1H3. The summed E-state index contributed by atoms with van der Waals surface area (Å²) in [5, 5.41) is 0. The molecule has 1 atom stereocenters. The second kappa shape index (κ2) is 8.73. The van der Waals surface area contributed by atoms with E-state index in [0.29, 0.717) is 44.7 Å². The molecule has 7 nitrogen and oxygen atoms in total. The monoisotopic (exact) mass is 409 g/mol. The van der Waals surface area contributed by atoms with Gasteiger partial charge in [-0.05, 0) is 50.5 Å². The first-order chi connectivity index (χ1) is 14.5. The number of benzene rings is 1. The Morgan fingerprint density at radius 1 is 0.867 bits per heavy atom. The van der Waals surface area contributed by atoms with Crippen molar-refractivity contribution in [1.82, 2.24) is 14.7 Å². The van der Waals surface area contributed by atoms with Crippen molar-refractivity contribution in [3.63, 3.8) is 0 Å². The summed E-state index contributed by atoms with van der Waals surface area (Å²) >= 11 is 0. The maximum absolute atomic E-state index is 13.2. The van der Waals surface area contributed by atoms with E-state index in [1.807, 2.05) is 31.2 Å². The summed E-state index contributed by atoms with van der Waals surface area (Å²) in [7, 11) is 0. The highest BCUT2D eigenvalue weighted by Crippen LogP contribution is 2.22. The van der Waals surface area contributed by atoms with Crippen molar-refractivity contribution in [3.05, 3.63) is 59.5 Å². The minimum atomic E-state index is -0.462. The van der Waals surface area contributed by atoms with Crippen LogP contribution < -0.4 is 0 Å². The Bertz CT molecular complexity index is 899. The zero-order valence-corrected chi connectivity index (χ0v) is 17.3. The molecule has 0 radical (unpaired) electrons. The van der Waals surface area contributed by atoms with Crippen LogP contribution in [0.3, 0.4) is 0 Å². The molecule has 30 heavy (non-hydrogen) atoms. The fourth-order valence-corrected chi connectivity index (χ4v) is 4.19. The van der Waals surface area contributed by atoms with Gasteiger partial charge in [-0.2, -0.15) is 0 Å². The Labute approximate surface area is 176 Å². The van der Waals surface area contributed by atoms with Crippen molar-refractivity contribution in [2.45, 2.75) is 32.2 Å². The summed E-state index contributed by atoms with van der Waals surface area (Å²) < 4.78 is 5.25. The number of likely N-dealkylation sites (tertiary alicyclic amines) is 1. The molecular formula is C23H27N3O4. The number of piperidine rings is 1. The first kappa shape index (κ1) is 20.2. The van der Waals surface area contributed by atoms with Gasteiger partial charge >= 0.3 is 0 Å². The number of nitrogens with zero attached hydrogens (tertiary/aromatic N) is 3. The molecule has 4 rings (SSSR count). The molecule has 0 N–H and O–H groups in total. The zero-order valence-electron chi connectivity index (χ0n) is 17.3. The van der Waals surface area contributed by atoms with E-state index in [1.165, 1.54) is 6.26 Å². The fourth-order valence-electron chi connectivity index (χ4n) is 4.19. The van der Waals surface area contributed by atoms with Gasteiger partial charge in [0.1, 0.15) is 6.04 Å². The fraction of sp³-hybridized carbons (Fsp3) is 0.435. The highest BCUT2D eigenvalue weighted by atomic mass is 16.3. The molecule has 2 aliphatic heterocycles. The van der Waals surface area contributed by atoms with Crippen LogP contribution in [0, 0.1) is 6.92 Å². The second-order valence-corrected chi connectivity index (χ2v) is 7.97. The molecule has 0 spiro atoms. The highest BCUT2D eigenvalue weighted by Gasteiger charge is 2.37. The molecule has 0 bridgehead atoms. The number of aryl methyl sites for hydroxylation is 1. The predicted molar refractivity (Wildman–Crippen MR) is 111 cm³/mol. The van der Waals surface area contributed by atoms with Gasteiger partial charge in [0.15, 0.2) is 5.76 Å². The molecule has 2 fully saturated rings. The van der Waals surface area contributed by atoms with E-state index < -0.39 is 6.04 Å². The van der Waals surface area contributed by atoms with E-state index >= 15 is 0 Å². The molecule has 1 aromatic carbocycles. The van der Waals surface area contributed by atoms with Crippen molar-refractivity contribution < 1.29 is 18.8 Å². The lowest BCUT2D eigenvalue weighted by Gasteiger charge is -2.40. The van der Waals surface area contributed by atoms with Gasteiger partial charge in [-0.15, -0.1) is 0 Å². The lowest BCUT2D eigenvalue weighted by atomic mass is 10.00. The van der Waals surface area contributed by atoms with Crippen molar-refractivity contribution in [3.8, 4) is 0 Å². The summed E-state index contributed by atoms with van der Waals surface area (Å²) in [5.74, 6) is 0.000814. The van der Waals surface area contributed by atoms with Crippen molar-refractivity contribution >= 4 is 17.7 Å². The molecule has 1 aromatic heterocycles. The molecule has 2 saturated heterocycles. The Balaban J connectivity index is 1.38. The Morgan fingerprint density at radius 2 is 1.57 bits per heavy atom.